The first-order chi connectivity index (χ1) is 16.8. The van der Waals surface area contributed by atoms with Gasteiger partial charge in [-0.3, -0.25) is 9.59 Å². The molecule has 7 heteroatoms. The van der Waals surface area contributed by atoms with Gasteiger partial charge in [0.2, 0.25) is 12.3 Å². The zero-order valence-electron chi connectivity index (χ0n) is 20.1. The van der Waals surface area contributed by atoms with E-state index in [4.69, 9.17) is 0 Å². The summed E-state index contributed by atoms with van der Waals surface area (Å²) in [5.74, 6) is -0.0844. The minimum absolute atomic E-state index is 0.0242. The number of hydrogen-bond acceptors (Lipinski definition) is 5. The minimum Gasteiger partial charge on any atom is -0.506 e. The molecule has 0 aromatic heterocycles. The first-order valence-corrected chi connectivity index (χ1v) is 11.6. The molecule has 3 aromatic rings. The summed E-state index contributed by atoms with van der Waals surface area (Å²) in [6.45, 7) is 4.90. The number of hydrogen-bond donors (Lipinski definition) is 5. The molecule has 35 heavy (non-hydrogen) atoms. The maximum Gasteiger partial charge on any atom is 0.224 e. The Morgan fingerprint density at radius 2 is 1.69 bits per heavy atom. The van der Waals surface area contributed by atoms with Crippen LogP contribution < -0.4 is 16.0 Å². The van der Waals surface area contributed by atoms with Crippen molar-refractivity contribution in [3.8, 4) is 5.75 Å². The summed E-state index contributed by atoms with van der Waals surface area (Å²) in [5, 5.41) is 29.2. The predicted octanol–water partition coefficient (Wildman–Crippen LogP) is 3.46. The third-order valence-corrected chi connectivity index (χ3v) is 5.73. The number of aliphatic hydroxyl groups excluding tert-OH is 1. The molecule has 0 unspecified atom stereocenters. The van der Waals surface area contributed by atoms with Crippen LogP contribution in [0.5, 0.6) is 5.75 Å². The molecule has 5 N–H and O–H groups in total. The number of anilines is 1. The van der Waals surface area contributed by atoms with Crippen molar-refractivity contribution < 1.29 is 19.8 Å². The number of phenols is 1. The quantitative estimate of drug-likeness (QED) is 0.204. The van der Waals surface area contributed by atoms with Gasteiger partial charge >= 0.3 is 0 Å². The van der Waals surface area contributed by atoms with Crippen LogP contribution in [0.4, 0.5) is 5.69 Å². The molecular formula is C28H33N3O4. The molecule has 3 aromatic carbocycles. The molecule has 0 heterocycles. The predicted molar refractivity (Wildman–Crippen MR) is 137 cm³/mol. The van der Waals surface area contributed by atoms with E-state index in [0.717, 1.165) is 16.7 Å². The fourth-order valence-electron chi connectivity index (χ4n) is 3.90. The van der Waals surface area contributed by atoms with Crippen molar-refractivity contribution in [2.45, 2.75) is 44.9 Å². The van der Waals surface area contributed by atoms with Gasteiger partial charge in [0.25, 0.3) is 0 Å². The van der Waals surface area contributed by atoms with Crippen LogP contribution in [0.2, 0.25) is 0 Å². The second-order valence-electron chi connectivity index (χ2n) is 9.26. The van der Waals surface area contributed by atoms with Crippen LogP contribution in [-0.2, 0) is 29.0 Å². The van der Waals surface area contributed by atoms with Crippen LogP contribution in [0.3, 0.4) is 0 Å². The Bertz CT molecular complexity index is 1130. The number of aliphatic hydroxyl groups is 1. The molecule has 2 amide bonds. The first-order valence-electron chi connectivity index (χ1n) is 11.6. The Hall–Kier alpha value is -3.68. The Morgan fingerprint density at radius 3 is 2.43 bits per heavy atom. The van der Waals surface area contributed by atoms with Crippen LogP contribution in [0.1, 0.15) is 42.2 Å². The standard InChI is InChI=1S/C28H33N3O4/c1-28(2,31-18-26(34)23-11-12-25(33)24(15-23)30-19-32)16-22-10-6-9-21(13-22)14-27(35)29-17-20-7-4-3-5-8-20/h3-13,15,19,26,31,33-34H,14,16-18H2,1-2H3,(H,29,35)(H,30,32)/t26-/m0/s1. The molecule has 184 valence electrons. The van der Waals surface area contributed by atoms with Crippen molar-refractivity contribution in [2.24, 2.45) is 0 Å². The SMILES string of the molecule is CC(C)(Cc1cccc(CC(=O)NCc2ccccc2)c1)NC[C@H](O)c1ccc(O)c(NC=O)c1. The van der Waals surface area contributed by atoms with Crippen LogP contribution in [0.15, 0.2) is 72.8 Å². The summed E-state index contributed by atoms with van der Waals surface area (Å²) >= 11 is 0. The van der Waals surface area contributed by atoms with Gasteiger partial charge in [0.1, 0.15) is 5.75 Å². The van der Waals surface area contributed by atoms with Crippen LogP contribution in [-0.4, -0.2) is 34.6 Å². The van der Waals surface area contributed by atoms with Gasteiger partial charge in [-0.1, -0.05) is 60.7 Å². The molecule has 7 nitrogen and oxygen atoms in total. The van der Waals surface area contributed by atoms with Gasteiger partial charge in [0, 0.05) is 18.6 Å². The lowest BCUT2D eigenvalue weighted by molar-refractivity contribution is -0.120. The van der Waals surface area contributed by atoms with Crippen molar-refractivity contribution in [1.29, 1.82) is 0 Å². The average Bonchev–Trinajstić information content (AvgIpc) is 2.83. The summed E-state index contributed by atoms with van der Waals surface area (Å²) in [6.07, 6.45) is 0.674. The number of phenolic OH excluding ortho intramolecular Hbond substituents is 1. The zero-order valence-corrected chi connectivity index (χ0v) is 20.1. The van der Waals surface area contributed by atoms with Crippen molar-refractivity contribution in [3.05, 3.63) is 95.1 Å². The molecule has 0 aliphatic heterocycles. The number of rotatable bonds is 12. The van der Waals surface area contributed by atoms with Crippen molar-refractivity contribution in [2.75, 3.05) is 11.9 Å². The highest BCUT2D eigenvalue weighted by Crippen LogP contribution is 2.27. The molecule has 0 spiro atoms. The molecule has 0 fully saturated rings. The highest BCUT2D eigenvalue weighted by molar-refractivity contribution is 5.78. The van der Waals surface area contributed by atoms with Gasteiger partial charge in [0.15, 0.2) is 0 Å². The van der Waals surface area contributed by atoms with Crippen molar-refractivity contribution in [1.82, 2.24) is 10.6 Å². The van der Waals surface area contributed by atoms with Gasteiger partial charge < -0.3 is 26.2 Å². The minimum atomic E-state index is -0.818. The van der Waals surface area contributed by atoms with Gasteiger partial charge in [0.05, 0.1) is 18.2 Å². The molecule has 3 rings (SSSR count). The smallest absolute Gasteiger partial charge is 0.224 e. The molecule has 0 radical (unpaired) electrons. The summed E-state index contributed by atoms with van der Waals surface area (Å²) in [5.41, 5.74) is 3.61. The van der Waals surface area contributed by atoms with Gasteiger partial charge in [-0.15, -0.1) is 0 Å². The summed E-state index contributed by atoms with van der Waals surface area (Å²) in [7, 11) is 0. The Morgan fingerprint density at radius 1 is 0.971 bits per heavy atom. The number of amides is 2. The van der Waals surface area contributed by atoms with E-state index in [1.165, 1.54) is 6.07 Å². The first kappa shape index (κ1) is 25.9. The monoisotopic (exact) mass is 475 g/mol. The fourth-order valence-corrected chi connectivity index (χ4v) is 3.90. The second kappa shape index (κ2) is 12.1. The number of aromatic hydroxyl groups is 1. The van der Waals surface area contributed by atoms with E-state index in [9.17, 15) is 19.8 Å². The van der Waals surface area contributed by atoms with Crippen LogP contribution in [0.25, 0.3) is 0 Å². The lowest BCUT2D eigenvalue weighted by Gasteiger charge is -2.28. The van der Waals surface area contributed by atoms with Crippen LogP contribution in [0, 0.1) is 0 Å². The van der Waals surface area contributed by atoms with E-state index in [0.29, 0.717) is 37.9 Å². The van der Waals surface area contributed by atoms with Crippen molar-refractivity contribution in [3.63, 3.8) is 0 Å². The van der Waals surface area contributed by atoms with Gasteiger partial charge in [-0.05, 0) is 54.7 Å². The number of carbonyl (C=O) groups is 2. The molecular weight excluding hydrogens is 442 g/mol. The highest BCUT2D eigenvalue weighted by Gasteiger charge is 2.20. The molecule has 0 saturated carbocycles. The summed E-state index contributed by atoms with van der Waals surface area (Å²) in [4.78, 5) is 23.1. The second-order valence-corrected chi connectivity index (χ2v) is 9.26. The third kappa shape index (κ3) is 8.24. The fraction of sp³-hybridized carbons (Fsp3) is 0.286. The summed E-state index contributed by atoms with van der Waals surface area (Å²) < 4.78 is 0. The van der Waals surface area contributed by atoms with E-state index in [2.05, 4.69) is 29.8 Å². The van der Waals surface area contributed by atoms with E-state index in [1.54, 1.807) is 12.1 Å². The third-order valence-electron chi connectivity index (χ3n) is 5.73. The number of nitrogens with one attached hydrogen (secondary N) is 3. The Balaban J connectivity index is 1.53. The number of benzene rings is 3. The largest absolute Gasteiger partial charge is 0.506 e. The molecule has 0 aliphatic carbocycles. The van der Waals surface area contributed by atoms with E-state index < -0.39 is 6.10 Å². The number of carbonyl (C=O) groups excluding carboxylic acids is 2. The van der Waals surface area contributed by atoms with Gasteiger partial charge in [-0.2, -0.15) is 0 Å². The number of β-amino-alcohol motifs (C(OH)–C–C–N with tert-alkyl or cyclic N) is 1. The average molecular weight is 476 g/mol. The van der Waals surface area contributed by atoms with Crippen LogP contribution >= 0.6 is 0 Å². The molecule has 0 bridgehead atoms. The molecule has 0 aliphatic rings. The maximum absolute atomic E-state index is 12.4. The van der Waals surface area contributed by atoms with Crippen molar-refractivity contribution >= 4 is 18.0 Å². The lowest BCUT2D eigenvalue weighted by Crippen LogP contribution is -2.43. The summed E-state index contributed by atoms with van der Waals surface area (Å²) in [6, 6.07) is 22.4. The zero-order chi connectivity index (χ0) is 25.3. The Kier molecular flexibility index (Phi) is 9.00. The lowest BCUT2D eigenvalue weighted by atomic mass is 9.93. The molecule has 1 atom stereocenters. The normalized spacial score (nSPS) is 12.1. The molecule has 0 saturated heterocycles. The van der Waals surface area contributed by atoms with E-state index in [-0.39, 0.29) is 22.9 Å². The van der Waals surface area contributed by atoms with Gasteiger partial charge in [-0.25, -0.2) is 0 Å². The maximum atomic E-state index is 12.4. The Labute approximate surface area is 206 Å². The topological polar surface area (TPSA) is 111 Å². The highest BCUT2D eigenvalue weighted by atomic mass is 16.3. The van der Waals surface area contributed by atoms with E-state index >= 15 is 0 Å². The van der Waals surface area contributed by atoms with E-state index in [1.807, 2.05) is 54.6 Å².